The molecule has 0 saturated heterocycles. The van der Waals surface area contributed by atoms with Gasteiger partial charge in [0.05, 0.1) is 12.0 Å². The van der Waals surface area contributed by atoms with E-state index < -0.39 is 11.5 Å². The van der Waals surface area contributed by atoms with Gasteiger partial charge in [0.15, 0.2) is 0 Å². The lowest BCUT2D eigenvalue weighted by atomic mass is 9.93. The van der Waals surface area contributed by atoms with Gasteiger partial charge in [0.2, 0.25) is 0 Å². The highest BCUT2D eigenvalue weighted by Crippen LogP contribution is 2.32. The molecule has 0 aromatic heterocycles. The standard InChI is InChI=1S/C14H26N2O3/c1-3-7-11(4-2)15-13(19)16-14(10-12(17)18)8-5-6-9-14/h11H,3-10H2,1-2H3,(H,17,18)(H2,15,16,19). The summed E-state index contributed by atoms with van der Waals surface area (Å²) in [5.41, 5.74) is -0.541. The highest BCUT2D eigenvalue weighted by molar-refractivity contribution is 5.77. The van der Waals surface area contributed by atoms with Gasteiger partial charge in [-0.2, -0.15) is 0 Å². The molecular weight excluding hydrogens is 244 g/mol. The number of amides is 2. The van der Waals surface area contributed by atoms with Gasteiger partial charge in [-0.1, -0.05) is 33.1 Å². The lowest BCUT2D eigenvalue weighted by molar-refractivity contribution is -0.138. The van der Waals surface area contributed by atoms with E-state index in [0.717, 1.165) is 44.9 Å². The Morgan fingerprint density at radius 2 is 1.89 bits per heavy atom. The van der Waals surface area contributed by atoms with Gasteiger partial charge in [0.1, 0.15) is 0 Å². The molecule has 0 aliphatic heterocycles. The second kappa shape index (κ2) is 7.36. The van der Waals surface area contributed by atoms with Crippen LogP contribution in [0, 0.1) is 0 Å². The number of carboxylic acids is 1. The van der Waals surface area contributed by atoms with Crippen LogP contribution in [-0.2, 0) is 4.79 Å². The highest BCUT2D eigenvalue weighted by atomic mass is 16.4. The minimum atomic E-state index is -0.845. The van der Waals surface area contributed by atoms with Crippen LogP contribution in [0.1, 0.15) is 65.2 Å². The topological polar surface area (TPSA) is 78.4 Å². The molecule has 0 heterocycles. The molecule has 1 aliphatic rings. The van der Waals surface area contributed by atoms with Gasteiger partial charge in [-0.25, -0.2) is 4.79 Å². The number of hydrogen-bond acceptors (Lipinski definition) is 2. The Labute approximate surface area is 115 Å². The summed E-state index contributed by atoms with van der Waals surface area (Å²) in [5.74, 6) is -0.845. The first kappa shape index (κ1) is 15.8. The summed E-state index contributed by atoms with van der Waals surface area (Å²) in [4.78, 5) is 23.0. The molecule has 1 saturated carbocycles. The molecule has 0 aromatic rings. The summed E-state index contributed by atoms with van der Waals surface area (Å²) in [6, 6.07) is -0.0447. The zero-order valence-electron chi connectivity index (χ0n) is 12.0. The van der Waals surface area contributed by atoms with Crippen molar-refractivity contribution < 1.29 is 14.7 Å². The second-order valence-corrected chi connectivity index (χ2v) is 5.55. The molecule has 0 spiro atoms. The van der Waals surface area contributed by atoms with Gasteiger partial charge in [0, 0.05) is 6.04 Å². The van der Waals surface area contributed by atoms with Crippen molar-refractivity contribution in [3.05, 3.63) is 0 Å². The predicted molar refractivity (Wildman–Crippen MR) is 74.1 cm³/mol. The minimum absolute atomic E-state index is 0.0188. The Morgan fingerprint density at radius 3 is 2.37 bits per heavy atom. The SMILES string of the molecule is CCCC(CC)NC(=O)NC1(CC(=O)O)CCCC1. The smallest absolute Gasteiger partial charge is 0.315 e. The van der Waals surface area contributed by atoms with E-state index in [-0.39, 0.29) is 18.5 Å². The van der Waals surface area contributed by atoms with Crippen molar-refractivity contribution in [1.82, 2.24) is 10.6 Å². The zero-order chi connectivity index (χ0) is 14.3. The third kappa shape index (κ3) is 5.09. The van der Waals surface area contributed by atoms with Crippen molar-refractivity contribution >= 4 is 12.0 Å². The first-order valence-corrected chi connectivity index (χ1v) is 7.32. The van der Waals surface area contributed by atoms with E-state index in [0.29, 0.717) is 0 Å². The van der Waals surface area contributed by atoms with E-state index in [4.69, 9.17) is 5.11 Å². The number of rotatable bonds is 7. The average Bonchev–Trinajstić information content (AvgIpc) is 2.75. The molecule has 1 aliphatic carbocycles. The van der Waals surface area contributed by atoms with Crippen LogP contribution < -0.4 is 10.6 Å². The van der Waals surface area contributed by atoms with Crippen molar-refractivity contribution in [2.75, 3.05) is 0 Å². The Morgan fingerprint density at radius 1 is 1.26 bits per heavy atom. The Kier molecular flexibility index (Phi) is 6.12. The number of carboxylic acid groups (broad SMARTS) is 1. The normalized spacial score (nSPS) is 18.8. The average molecular weight is 270 g/mol. The van der Waals surface area contributed by atoms with E-state index >= 15 is 0 Å². The minimum Gasteiger partial charge on any atom is -0.481 e. The van der Waals surface area contributed by atoms with E-state index in [1.807, 2.05) is 6.92 Å². The fourth-order valence-corrected chi connectivity index (χ4v) is 2.88. The maximum atomic E-state index is 12.0. The molecule has 1 atom stereocenters. The van der Waals surface area contributed by atoms with E-state index in [1.165, 1.54) is 0 Å². The van der Waals surface area contributed by atoms with Gasteiger partial charge < -0.3 is 15.7 Å². The largest absolute Gasteiger partial charge is 0.481 e. The molecule has 3 N–H and O–H groups in total. The van der Waals surface area contributed by atoms with Crippen LogP contribution in [0.4, 0.5) is 4.79 Å². The number of carbonyl (C=O) groups excluding carboxylic acids is 1. The van der Waals surface area contributed by atoms with Crippen molar-refractivity contribution in [2.45, 2.75) is 76.8 Å². The number of carbonyl (C=O) groups is 2. The number of hydrogen-bond donors (Lipinski definition) is 3. The van der Waals surface area contributed by atoms with Crippen molar-refractivity contribution in [3.8, 4) is 0 Å². The predicted octanol–water partition coefficient (Wildman–Crippen LogP) is 2.65. The van der Waals surface area contributed by atoms with E-state index in [2.05, 4.69) is 17.6 Å². The van der Waals surface area contributed by atoms with Crippen LogP contribution in [-0.4, -0.2) is 28.7 Å². The number of nitrogens with one attached hydrogen (secondary N) is 2. The summed E-state index contributed by atoms with van der Waals surface area (Å²) in [6.45, 7) is 4.13. The summed E-state index contributed by atoms with van der Waals surface area (Å²) in [7, 11) is 0. The summed E-state index contributed by atoms with van der Waals surface area (Å²) in [5, 5.41) is 14.9. The van der Waals surface area contributed by atoms with Crippen LogP contribution in [0.3, 0.4) is 0 Å². The van der Waals surface area contributed by atoms with Crippen molar-refractivity contribution in [3.63, 3.8) is 0 Å². The lowest BCUT2D eigenvalue weighted by Gasteiger charge is -2.30. The maximum Gasteiger partial charge on any atom is 0.315 e. The van der Waals surface area contributed by atoms with E-state index in [9.17, 15) is 9.59 Å². The Hall–Kier alpha value is -1.26. The molecule has 1 fully saturated rings. The van der Waals surface area contributed by atoms with Gasteiger partial charge in [-0.05, 0) is 25.7 Å². The summed E-state index contributed by atoms with van der Waals surface area (Å²) < 4.78 is 0. The summed E-state index contributed by atoms with van der Waals surface area (Å²) >= 11 is 0. The molecule has 0 radical (unpaired) electrons. The number of urea groups is 1. The Balaban J connectivity index is 2.54. The first-order chi connectivity index (χ1) is 9.01. The summed E-state index contributed by atoms with van der Waals surface area (Å²) in [6.07, 6.45) is 6.39. The lowest BCUT2D eigenvalue weighted by Crippen LogP contribution is -2.53. The molecule has 0 bridgehead atoms. The highest BCUT2D eigenvalue weighted by Gasteiger charge is 2.37. The van der Waals surface area contributed by atoms with E-state index in [1.54, 1.807) is 0 Å². The molecule has 1 rings (SSSR count). The fraction of sp³-hybridized carbons (Fsp3) is 0.857. The van der Waals surface area contributed by atoms with Gasteiger partial charge in [0.25, 0.3) is 0 Å². The fourth-order valence-electron chi connectivity index (χ4n) is 2.88. The molecule has 0 aromatic carbocycles. The quantitative estimate of drug-likeness (QED) is 0.665. The van der Waals surface area contributed by atoms with Crippen LogP contribution >= 0.6 is 0 Å². The molecule has 110 valence electrons. The monoisotopic (exact) mass is 270 g/mol. The maximum absolute atomic E-state index is 12.0. The zero-order valence-corrected chi connectivity index (χ0v) is 12.0. The second-order valence-electron chi connectivity index (χ2n) is 5.55. The third-order valence-electron chi connectivity index (χ3n) is 3.89. The Bertz CT molecular complexity index is 312. The van der Waals surface area contributed by atoms with Gasteiger partial charge in [-0.15, -0.1) is 0 Å². The molecule has 2 amide bonds. The molecule has 1 unspecified atom stereocenters. The van der Waals surface area contributed by atoms with Crippen LogP contribution in [0.2, 0.25) is 0 Å². The van der Waals surface area contributed by atoms with Crippen LogP contribution in [0.5, 0.6) is 0 Å². The van der Waals surface area contributed by atoms with Crippen LogP contribution in [0.25, 0.3) is 0 Å². The van der Waals surface area contributed by atoms with Crippen molar-refractivity contribution in [1.29, 1.82) is 0 Å². The van der Waals surface area contributed by atoms with Gasteiger partial charge >= 0.3 is 12.0 Å². The first-order valence-electron chi connectivity index (χ1n) is 7.32. The molecule has 5 nitrogen and oxygen atoms in total. The van der Waals surface area contributed by atoms with Gasteiger partial charge in [-0.3, -0.25) is 4.79 Å². The third-order valence-corrected chi connectivity index (χ3v) is 3.89. The number of aliphatic carboxylic acids is 1. The van der Waals surface area contributed by atoms with Crippen LogP contribution in [0.15, 0.2) is 0 Å². The molecule has 5 heteroatoms. The molecular formula is C14H26N2O3. The molecule has 19 heavy (non-hydrogen) atoms. The van der Waals surface area contributed by atoms with Crippen molar-refractivity contribution in [2.24, 2.45) is 0 Å².